The highest BCUT2D eigenvalue weighted by molar-refractivity contribution is 5.94. The van der Waals surface area contributed by atoms with E-state index >= 15 is 0 Å². The minimum atomic E-state index is -0.134. The maximum atomic E-state index is 12.4. The summed E-state index contributed by atoms with van der Waals surface area (Å²) in [4.78, 5) is 12.4. The van der Waals surface area contributed by atoms with Crippen LogP contribution < -0.4 is 10.1 Å². The van der Waals surface area contributed by atoms with E-state index in [2.05, 4.69) is 16.3 Å². The molecule has 1 aliphatic rings. The van der Waals surface area contributed by atoms with Crippen molar-refractivity contribution < 1.29 is 9.53 Å². The fraction of sp³-hybridized carbons (Fsp3) is 0.143. The standard InChI is InChI=1S/C21H17N3O2/c1-2-12-26-19-11-7-6-10-16(19)17-13-20(25)23-21-18(17)14-22-24(21)15-8-4-3-5-9-15/h1,3-11,14,17H,12-13H2,(H,23,25)/t17-/m1/s1. The zero-order chi connectivity index (χ0) is 17.9. The lowest BCUT2D eigenvalue weighted by Gasteiger charge is -2.25. The summed E-state index contributed by atoms with van der Waals surface area (Å²) in [7, 11) is 0. The monoisotopic (exact) mass is 343 g/mol. The van der Waals surface area contributed by atoms with Gasteiger partial charge in [0.05, 0.1) is 11.9 Å². The molecule has 1 amide bonds. The average molecular weight is 343 g/mol. The minimum absolute atomic E-state index is 0.0491. The molecule has 0 bridgehead atoms. The Morgan fingerprint density at radius 1 is 1.15 bits per heavy atom. The van der Waals surface area contributed by atoms with Gasteiger partial charge in [-0.1, -0.05) is 42.3 Å². The van der Waals surface area contributed by atoms with Crippen LogP contribution in [0.1, 0.15) is 23.5 Å². The summed E-state index contributed by atoms with van der Waals surface area (Å²) in [6.07, 6.45) is 7.47. The van der Waals surface area contributed by atoms with E-state index in [1.165, 1.54) is 0 Å². The number of terminal acetylenes is 1. The van der Waals surface area contributed by atoms with Gasteiger partial charge in [-0.3, -0.25) is 4.79 Å². The number of hydrogen-bond donors (Lipinski definition) is 1. The lowest BCUT2D eigenvalue weighted by molar-refractivity contribution is -0.116. The van der Waals surface area contributed by atoms with Gasteiger partial charge in [0, 0.05) is 23.5 Å². The predicted molar refractivity (Wildman–Crippen MR) is 99.4 cm³/mol. The van der Waals surface area contributed by atoms with E-state index in [0.29, 0.717) is 18.0 Å². The molecule has 1 aliphatic heterocycles. The van der Waals surface area contributed by atoms with Crippen LogP contribution in [0.15, 0.2) is 60.8 Å². The second-order valence-electron chi connectivity index (χ2n) is 6.03. The summed E-state index contributed by atoms with van der Waals surface area (Å²) in [5.74, 6) is 3.69. The molecule has 0 aliphatic carbocycles. The number of fused-ring (bicyclic) bond motifs is 1. The number of rotatable bonds is 4. The fourth-order valence-electron chi connectivity index (χ4n) is 3.28. The Bertz CT molecular complexity index is 986. The number of para-hydroxylation sites is 2. The van der Waals surface area contributed by atoms with Gasteiger partial charge in [-0.2, -0.15) is 5.10 Å². The molecule has 0 unspecified atom stereocenters. The van der Waals surface area contributed by atoms with E-state index in [1.54, 1.807) is 4.68 Å². The van der Waals surface area contributed by atoms with Crippen molar-refractivity contribution in [2.24, 2.45) is 0 Å². The van der Waals surface area contributed by atoms with Crippen molar-refractivity contribution in [3.8, 4) is 23.8 Å². The number of amides is 1. The first-order valence-corrected chi connectivity index (χ1v) is 8.36. The smallest absolute Gasteiger partial charge is 0.226 e. The van der Waals surface area contributed by atoms with Crippen LogP contribution in [0.2, 0.25) is 0 Å². The van der Waals surface area contributed by atoms with Crippen molar-refractivity contribution in [1.82, 2.24) is 9.78 Å². The van der Waals surface area contributed by atoms with Crippen molar-refractivity contribution in [2.45, 2.75) is 12.3 Å². The molecule has 0 saturated heterocycles. The molecular formula is C21H17N3O2. The molecular weight excluding hydrogens is 326 g/mol. The third kappa shape index (κ3) is 2.82. The van der Waals surface area contributed by atoms with Gasteiger partial charge in [-0.05, 0) is 18.2 Å². The molecule has 1 N–H and O–H groups in total. The first kappa shape index (κ1) is 16.0. The topological polar surface area (TPSA) is 56.1 Å². The van der Waals surface area contributed by atoms with E-state index in [4.69, 9.17) is 11.2 Å². The van der Waals surface area contributed by atoms with Gasteiger partial charge < -0.3 is 10.1 Å². The normalized spacial score (nSPS) is 15.7. The van der Waals surface area contributed by atoms with E-state index in [1.807, 2.05) is 60.8 Å². The Balaban J connectivity index is 1.79. The molecule has 3 aromatic rings. The van der Waals surface area contributed by atoms with E-state index in [0.717, 1.165) is 16.8 Å². The van der Waals surface area contributed by atoms with Gasteiger partial charge in [0.15, 0.2) is 0 Å². The lowest BCUT2D eigenvalue weighted by atomic mass is 9.87. The van der Waals surface area contributed by atoms with E-state index in [9.17, 15) is 4.79 Å². The maximum absolute atomic E-state index is 12.4. The Kier molecular flexibility index (Phi) is 4.16. The van der Waals surface area contributed by atoms with Crippen LogP contribution in [-0.4, -0.2) is 22.3 Å². The van der Waals surface area contributed by atoms with Crippen molar-refractivity contribution in [3.05, 3.63) is 71.9 Å². The number of carbonyl (C=O) groups is 1. The van der Waals surface area contributed by atoms with E-state index in [-0.39, 0.29) is 18.4 Å². The molecule has 5 heteroatoms. The fourth-order valence-corrected chi connectivity index (χ4v) is 3.28. The number of hydrogen-bond acceptors (Lipinski definition) is 3. The number of benzene rings is 2. The van der Waals surface area contributed by atoms with Crippen molar-refractivity contribution in [3.63, 3.8) is 0 Å². The number of carbonyl (C=O) groups excluding carboxylic acids is 1. The number of nitrogens with one attached hydrogen (secondary N) is 1. The molecule has 2 heterocycles. The Morgan fingerprint density at radius 3 is 2.73 bits per heavy atom. The second kappa shape index (κ2) is 6.77. The molecule has 0 saturated carbocycles. The van der Waals surface area contributed by atoms with Crippen LogP contribution in [0.4, 0.5) is 5.82 Å². The number of ether oxygens (including phenoxy) is 1. The third-order valence-electron chi connectivity index (χ3n) is 4.43. The van der Waals surface area contributed by atoms with Crippen molar-refractivity contribution in [1.29, 1.82) is 0 Å². The molecule has 1 aromatic heterocycles. The summed E-state index contributed by atoms with van der Waals surface area (Å²) in [5, 5.41) is 7.46. The highest BCUT2D eigenvalue weighted by Gasteiger charge is 2.31. The zero-order valence-electron chi connectivity index (χ0n) is 14.1. The predicted octanol–water partition coefficient (Wildman–Crippen LogP) is 3.36. The van der Waals surface area contributed by atoms with Crippen LogP contribution >= 0.6 is 0 Å². The summed E-state index contributed by atoms with van der Waals surface area (Å²) in [5.41, 5.74) is 2.79. The Morgan fingerprint density at radius 2 is 1.92 bits per heavy atom. The van der Waals surface area contributed by atoms with Crippen LogP contribution in [0, 0.1) is 12.3 Å². The first-order valence-electron chi connectivity index (χ1n) is 8.36. The third-order valence-corrected chi connectivity index (χ3v) is 4.43. The van der Waals surface area contributed by atoms with Gasteiger partial charge >= 0.3 is 0 Å². The SMILES string of the molecule is C#CCOc1ccccc1[C@H]1CC(=O)Nc2c1cnn2-c1ccccc1. The largest absolute Gasteiger partial charge is 0.481 e. The molecule has 0 fully saturated rings. The molecule has 1 atom stereocenters. The molecule has 128 valence electrons. The highest BCUT2D eigenvalue weighted by atomic mass is 16.5. The number of aromatic nitrogens is 2. The van der Waals surface area contributed by atoms with Crippen LogP contribution in [0.25, 0.3) is 5.69 Å². The van der Waals surface area contributed by atoms with E-state index < -0.39 is 0 Å². The quantitative estimate of drug-likeness (QED) is 0.739. The van der Waals surface area contributed by atoms with Gasteiger partial charge in [0.1, 0.15) is 18.2 Å². The molecule has 0 radical (unpaired) electrons. The molecule has 5 nitrogen and oxygen atoms in total. The van der Waals surface area contributed by atoms with Crippen LogP contribution in [0.5, 0.6) is 5.75 Å². The first-order chi connectivity index (χ1) is 12.8. The Hall–Kier alpha value is -3.52. The number of nitrogens with zero attached hydrogens (tertiary/aromatic N) is 2. The van der Waals surface area contributed by atoms with Crippen molar-refractivity contribution >= 4 is 11.7 Å². The minimum Gasteiger partial charge on any atom is -0.481 e. The number of anilines is 1. The maximum Gasteiger partial charge on any atom is 0.226 e. The molecule has 0 spiro atoms. The summed E-state index contributed by atoms with van der Waals surface area (Å²) >= 11 is 0. The van der Waals surface area contributed by atoms with Gasteiger partial charge in [0.25, 0.3) is 0 Å². The van der Waals surface area contributed by atoms with Crippen molar-refractivity contribution in [2.75, 3.05) is 11.9 Å². The second-order valence-corrected chi connectivity index (χ2v) is 6.03. The summed E-state index contributed by atoms with van der Waals surface area (Å²) in [6, 6.07) is 17.4. The van der Waals surface area contributed by atoms with Crippen LogP contribution in [0.3, 0.4) is 0 Å². The lowest BCUT2D eigenvalue weighted by Crippen LogP contribution is -2.25. The zero-order valence-corrected chi connectivity index (χ0v) is 14.1. The molecule has 2 aromatic carbocycles. The molecule has 4 rings (SSSR count). The Labute approximate surface area is 151 Å². The highest BCUT2D eigenvalue weighted by Crippen LogP contribution is 2.41. The summed E-state index contributed by atoms with van der Waals surface area (Å²) in [6.45, 7) is 0.187. The van der Waals surface area contributed by atoms with Gasteiger partial charge in [-0.15, -0.1) is 6.42 Å². The average Bonchev–Trinajstić information content (AvgIpc) is 3.10. The summed E-state index contributed by atoms with van der Waals surface area (Å²) < 4.78 is 7.44. The molecule has 26 heavy (non-hydrogen) atoms. The van der Waals surface area contributed by atoms with Gasteiger partial charge in [0.2, 0.25) is 5.91 Å². The van der Waals surface area contributed by atoms with Crippen LogP contribution in [-0.2, 0) is 4.79 Å². The van der Waals surface area contributed by atoms with Gasteiger partial charge in [-0.25, -0.2) is 4.68 Å².